The first kappa shape index (κ1) is 29.4. The van der Waals surface area contributed by atoms with Gasteiger partial charge in [0.1, 0.15) is 5.82 Å². The van der Waals surface area contributed by atoms with Crippen LogP contribution in [0.2, 0.25) is 5.02 Å². The topological polar surface area (TPSA) is 146 Å². The quantitative estimate of drug-likeness (QED) is 0.109. The van der Waals surface area contributed by atoms with Crippen molar-refractivity contribution in [2.45, 2.75) is 31.7 Å². The Hall–Kier alpha value is -4.63. The molecule has 0 aliphatic rings. The van der Waals surface area contributed by atoms with Crippen LogP contribution >= 0.6 is 11.6 Å². The fourth-order valence-corrected chi connectivity index (χ4v) is 4.70. The molecule has 4 aromatic rings. The lowest BCUT2D eigenvalue weighted by atomic mass is 9.95. The molecular formula is C31H32ClN5O4. The molecule has 0 saturated carbocycles. The third kappa shape index (κ3) is 8.43. The summed E-state index contributed by atoms with van der Waals surface area (Å²) in [4.78, 5) is 40.5. The third-order valence-corrected chi connectivity index (χ3v) is 6.84. The molecule has 0 radical (unpaired) electrons. The fourth-order valence-electron chi connectivity index (χ4n) is 4.54. The molecule has 0 saturated heterocycles. The number of hydrogen-bond donors (Lipinski definition) is 5. The Morgan fingerprint density at radius 3 is 2.41 bits per heavy atom. The van der Waals surface area contributed by atoms with E-state index in [0.29, 0.717) is 35.1 Å². The van der Waals surface area contributed by atoms with Gasteiger partial charge in [0.25, 0.3) is 0 Å². The molecule has 1 heterocycles. The summed E-state index contributed by atoms with van der Waals surface area (Å²) < 4.78 is 0. The van der Waals surface area contributed by atoms with Crippen LogP contribution < -0.4 is 21.7 Å². The highest BCUT2D eigenvalue weighted by atomic mass is 35.5. The standard InChI is InChI=1S/C31H32ClN5O4/c32-22-14-16-35-28(17-22)34-15-4-3-7-29(38)36-19-30(39)37-27(18-31(40)41)21-10-8-20(9-11-21)23-12-13-26(33)25-6-2-1-5-24(23)25/h1-2,5-6,8-14,16-17,27H,3-4,7,15,18-19,33H2,(H,34,35)(H,36,38)(H,37,39)(H,40,41). The van der Waals surface area contributed by atoms with Gasteiger partial charge in [-0.1, -0.05) is 66.2 Å². The Morgan fingerprint density at radius 2 is 1.68 bits per heavy atom. The van der Waals surface area contributed by atoms with E-state index in [1.54, 1.807) is 30.5 Å². The average Bonchev–Trinajstić information content (AvgIpc) is 2.96. The number of rotatable bonds is 13. The van der Waals surface area contributed by atoms with Crippen molar-refractivity contribution in [3.05, 3.63) is 89.6 Å². The summed E-state index contributed by atoms with van der Waals surface area (Å²) in [6, 6.07) is 21.8. The first-order chi connectivity index (χ1) is 19.8. The minimum Gasteiger partial charge on any atom is -0.481 e. The number of amides is 2. The summed E-state index contributed by atoms with van der Waals surface area (Å²) in [6.45, 7) is 0.389. The van der Waals surface area contributed by atoms with Crippen molar-refractivity contribution in [1.82, 2.24) is 15.6 Å². The number of aromatic nitrogens is 1. The van der Waals surface area contributed by atoms with E-state index in [9.17, 15) is 19.5 Å². The van der Waals surface area contributed by atoms with Gasteiger partial charge in [0.05, 0.1) is 19.0 Å². The molecule has 6 N–H and O–H groups in total. The van der Waals surface area contributed by atoms with E-state index in [1.807, 2.05) is 48.5 Å². The number of nitrogens with one attached hydrogen (secondary N) is 3. The molecular weight excluding hydrogens is 542 g/mol. The molecule has 1 atom stereocenters. The number of carbonyl (C=O) groups is 3. The molecule has 2 amide bonds. The number of aliphatic carboxylic acids is 1. The molecule has 0 fully saturated rings. The van der Waals surface area contributed by atoms with Crippen molar-refractivity contribution in [2.24, 2.45) is 0 Å². The number of fused-ring (bicyclic) bond motifs is 1. The normalized spacial score (nSPS) is 11.5. The number of anilines is 2. The van der Waals surface area contributed by atoms with Gasteiger partial charge in [-0.2, -0.15) is 0 Å². The van der Waals surface area contributed by atoms with Crippen LogP contribution in [0.1, 0.15) is 37.3 Å². The summed E-state index contributed by atoms with van der Waals surface area (Å²) in [7, 11) is 0. The predicted molar refractivity (Wildman–Crippen MR) is 162 cm³/mol. The number of pyridine rings is 1. The Labute approximate surface area is 243 Å². The van der Waals surface area contributed by atoms with Gasteiger partial charge in [-0.15, -0.1) is 0 Å². The van der Waals surface area contributed by atoms with Crippen molar-refractivity contribution < 1.29 is 19.5 Å². The lowest BCUT2D eigenvalue weighted by Crippen LogP contribution is -2.39. The van der Waals surface area contributed by atoms with Crippen LogP contribution in [-0.4, -0.2) is 41.0 Å². The highest BCUT2D eigenvalue weighted by Gasteiger charge is 2.19. The van der Waals surface area contributed by atoms with E-state index >= 15 is 0 Å². The van der Waals surface area contributed by atoms with E-state index in [4.69, 9.17) is 17.3 Å². The summed E-state index contributed by atoms with van der Waals surface area (Å²) in [5.74, 6) is -1.10. The average molecular weight is 574 g/mol. The van der Waals surface area contributed by atoms with Gasteiger partial charge in [-0.25, -0.2) is 4.98 Å². The molecule has 3 aromatic carbocycles. The highest BCUT2D eigenvalue weighted by molar-refractivity contribution is 6.30. The third-order valence-electron chi connectivity index (χ3n) is 6.60. The van der Waals surface area contributed by atoms with Crippen LogP contribution in [-0.2, 0) is 14.4 Å². The second-order valence-corrected chi connectivity index (χ2v) is 10.0. The molecule has 10 heteroatoms. The van der Waals surface area contributed by atoms with Crippen molar-refractivity contribution in [3.8, 4) is 11.1 Å². The SMILES string of the molecule is Nc1ccc(-c2ccc(C(CC(=O)O)NC(=O)CNC(=O)CCCCNc3cc(Cl)ccn3)cc2)c2ccccc12. The lowest BCUT2D eigenvalue weighted by Gasteiger charge is -2.18. The molecule has 0 spiro atoms. The Morgan fingerprint density at radius 1 is 0.927 bits per heavy atom. The van der Waals surface area contributed by atoms with Gasteiger partial charge in [0.2, 0.25) is 11.8 Å². The number of carboxylic acid groups (broad SMARTS) is 1. The number of carboxylic acids is 1. The Kier molecular flexibility index (Phi) is 10.1. The summed E-state index contributed by atoms with van der Waals surface area (Å²) in [5, 5.41) is 20.5. The largest absolute Gasteiger partial charge is 0.481 e. The van der Waals surface area contributed by atoms with Crippen LogP contribution in [0.3, 0.4) is 0 Å². The zero-order valence-corrected chi connectivity index (χ0v) is 23.2. The smallest absolute Gasteiger partial charge is 0.305 e. The van der Waals surface area contributed by atoms with Gasteiger partial charge < -0.3 is 26.8 Å². The van der Waals surface area contributed by atoms with Crippen molar-refractivity contribution >= 4 is 51.7 Å². The van der Waals surface area contributed by atoms with E-state index in [1.165, 1.54) is 0 Å². The molecule has 41 heavy (non-hydrogen) atoms. The minimum atomic E-state index is -1.05. The second-order valence-electron chi connectivity index (χ2n) is 9.61. The van der Waals surface area contributed by atoms with E-state index < -0.39 is 17.9 Å². The maximum atomic E-state index is 12.6. The summed E-state index contributed by atoms with van der Waals surface area (Å²) in [5.41, 5.74) is 9.42. The van der Waals surface area contributed by atoms with E-state index in [0.717, 1.165) is 28.3 Å². The first-order valence-electron chi connectivity index (χ1n) is 13.3. The molecule has 0 aliphatic heterocycles. The monoisotopic (exact) mass is 573 g/mol. The van der Waals surface area contributed by atoms with Crippen molar-refractivity contribution in [3.63, 3.8) is 0 Å². The zero-order chi connectivity index (χ0) is 29.2. The maximum absolute atomic E-state index is 12.6. The number of nitrogen functional groups attached to an aromatic ring is 1. The van der Waals surface area contributed by atoms with Crippen molar-refractivity contribution in [1.29, 1.82) is 0 Å². The Balaban J connectivity index is 1.28. The number of benzene rings is 3. The molecule has 212 valence electrons. The van der Waals surface area contributed by atoms with E-state index in [2.05, 4.69) is 20.9 Å². The van der Waals surface area contributed by atoms with Gasteiger partial charge in [0, 0.05) is 35.3 Å². The summed E-state index contributed by atoms with van der Waals surface area (Å²) >= 11 is 5.93. The number of hydrogen-bond acceptors (Lipinski definition) is 6. The van der Waals surface area contributed by atoms with Gasteiger partial charge in [-0.05, 0) is 53.1 Å². The van der Waals surface area contributed by atoms with Gasteiger partial charge in [0.15, 0.2) is 0 Å². The zero-order valence-electron chi connectivity index (χ0n) is 22.4. The minimum absolute atomic E-state index is 0.241. The number of nitrogens with two attached hydrogens (primary N) is 1. The van der Waals surface area contributed by atoms with Crippen LogP contribution in [0.25, 0.3) is 21.9 Å². The number of unbranched alkanes of at least 4 members (excludes halogenated alkanes) is 1. The first-order valence-corrected chi connectivity index (χ1v) is 13.7. The molecule has 0 aliphatic carbocycles. The fraction of sp³-hybridized carbons (Fsp3) is 0.226. The summed E-state index contributed by atoms with van der Waals surface area (Å²) in [6.07, 6.45) is 2.94. The molecule has 1 unspecified atom stereocenters. The predicted octanol–water partition coefficient (Wildman–Crippen LogP) is 5.17. The maximum Gasteiger partial charge on any atom is 0.305 e. The van der Waals surface area contributed by atoms with Crippen LogP contribution in [0, 0.1) is 0 Å². The van der Waals surface area contributed by atoms with E-state index in [-0.39, 0.29) is 25.3 Å². The molecule has 9 nitrogen and oxygen atoms in total. The number of nitrogens with zero attached hydrogens (tertiary/aromatic N) is 1. The van der Waals surface area contributed by atoms with Crippen molar-refractivity contribution in [2.75, 3.05) is 24.1 Å². The number of carbonyl (C=O) groups excluding carboxylic acids is 2. The van der Waals surface area contributed by atoms with Crippen LogP contribution in [0.4, 0.5) is 11.5 Å². The van der Waals surface area contributed by atoms with Gasteiger partial charge in [-0.3, -0.25) is 14.4 Å². The van der Waals surface area contributed by atoms with Crippen LogP contribution in [0.5, 0.6) is 0 Å². The lowest BCUT2D eigenvalue weighted by molar-refractivity contribution is -0.138. The van der Waals surface area contributed by atoms with Gasteiger partial charge >= 0.3 is 5.97 Å². The molecule has 4 rings (SSSR count). The molecule has 1 aromatic heterocycles. The number of halogens is 1. The highest BCUT2D eigenvalue weighted by Crippen LogP contribution is 2.32. The molecule has 0 bridgehead atoms. The Bertz CT molecular complexity index is 1530. The second kappa shape index (κ2) is 14.1. The van der Waals surface area contributed by atoms with Crippen LogP contribution in [0.15, 0.2) is 79.0 Å².